The van der Waals surface area contributed by atoms with E-state index in [9.17, 15) is 18.0 Å². The van der Waals surface area contributed by atoms with Crippen molar-refractivity contribution in [3.8, 4) is 11.5 Å². The Bertz CT molecular complexity index is 1110. The molecule has 3 rings (SSSR count). The number of carbonyl (C=O) groups excluding carboxylic acids is 2. The third-order valence-corrected chi connectivity index (χ3v) is 7.18. The smallest absolute Gasteiger partial charge is 0.338 e. The van der Waals surface area contributed by atoms with E-state index in [1.165, 1.54) is 42.8 Å². The summed E-state index contributed by atoms with van der Waals surface area (Å²) in [4.78, 5) is 24.8. The van der Waals surface area contributed by atoms with Gasteiger partial charge in [0.05, 0.1) is 43.6 Å². The molecule has 2 aromatic rings. The molecule has 0 bridgehead atoms. The summed E-state index contributed by atoms with van der Waals surface area (Å²) < 4.78 is 47.6. The first kappa shape index (κ1) is 24.0. The number of ketones is 1. The van der Waals surface area contributed by atoms with Gasteiger partial charge in [0.25, 0.3) is 0 Å². The largest absolute Gasteiger partial charge is 0.497 e. The molecule has 32 heavy (non-hydrogen) atoms. The molecule has 0 aromatic heterocycles. The Labute approximate surface area is 190 Å². The quantitative estimate of drug-likeness (QED) is 0.416. The second kappa shape index (κ2) is 10.3. The number of Topliss-reactive ketones (excluding diaryl/α,β-unsaturated/α-hetero) is 1. The molecule has 0 aliphatic carbocycles. The average molecular weight is 484 g/mol. The zero-order chi connectivity index (χ0) is 23.3. The van der Waals surface area contributed by atoms with Crippen molar-refractivity contribution in [1.82, 2.24) is 4.31 Å². The second-order valence-corrected chi connectivity index (χ2v) is 9.04. The summed E-state index contributed by atoms with van der Waals surface area (Å²) in [5.74, 6) is -0.574. The third kappa shape index (κ3) is 5.21. The van der Waals surface area contributed by atoms with Crippen molar-refractivity contribution in [2.45, 2.75) is 4.90 Å². The fourth-order valence-electron chi connectivity index (χ4n) is 3.08. The second-order valence-electron chi connectivity index (χ2n) is 6.73. The highest BCUT2D eigenvalue weighted by atomic mass is 35.5. The molecular weight excluding hydrogens is 462 g/mol. The summed E-state index contributed by atoms with van der Waals surface area (Å²) in [7, 11) is -1.03. The van der Waals surface area contributed by atoms with E-state index < -0.39 is 28.4 Å². The highest BCUT2D eigenvalue weighted by Crippen LogP contribution is 2.27. The van der Waals surface area contributed by atoms with Crippen LogP contribution in [0.25, 0.3) is 0 Å². The van der Waals surface area contributed by atoms with Crippen LogP contribution in [0.5, 0.6) is 11.5 Å². The first-order chi connectivity index (χ1) is 15.3. The Morgan fingerprint density at radius 2 is 1.78 bits per heavy atom. The summed E-state index contributed by atoms with van der Waals surface area (Å²) in [6.07, 6.45) is 0. The number of methoxy groups -OCH3 is 2. The lowest BCUT2D eigenvalue weighted by atomic mass is 10.1. The Hall–Kier alpha value is -2.66. The topological polar surface area (TPSA) is 108 Å². The molecule has 0 amide bonds. The van der Waals surface area contributed by atoms with Gasteiger partial charge in [-0.3, -0.25) is 4.79 Å². The maximum atomic E-state index is 12.9. The van der Waals surface area contributed by atoms with Crippen molar-refractivity contribution < 1.29 is 37.0 Å². The summed E-state index contributed by atoms with van der Waals surface area (Å²) in [6.45, 7) is 0.359. The molecule has 1 aliphatic heterocycles. The van der Waals surface area contributed by atoms with Crippen molar-refractivity contribution in [2.24, 2.45) is 0 Å². The number of sulfonamides is 1. The number of ether oxygens (including phenoxy) is 4. The Morgan fingerprint density at radius 3 is 2.44 bits per heavy atom. The maximum absolute atomic E-state index is 12.9. The van der Waals surface area contributed by atoms with Gasteiger partial charge in [-0.25, -0.2) is 13.2 Å². The molecule has 0 N–H and O–H groups in total. The van der Waals surface area contributed by atoms with Gasteiger partial charge in [0.1, 0.15) is 16.4 Å². The molecule has 0 radical (unpaired) electrons. The molecule has 1 aliphatic rings. The minimum atomic E-state index is -3.92. The van der Waals surface area contributed by atoms with Crippen LogP contribution < -0.4 is 9.47 Å². The molecule has 172 valence electrons. The first-order valence-corrected chi connectivity index (χ1v) is 11.4. The average Bonchev–Trinajstić information content (AvgIpc) is 2.82. The minimum Gasteiger partial charge on any atom is -0.497 e. The molecule has 2 aromatic carbocycles. The lowest BCUT2D eigenvalue weighted by molar-refractivity contribution is 0.0473. The fraction of sp³-hybridized carbons (Fsp3) is 0.333. The van der Waals surface area contributed by atoms with Gasteiger partial charge in [0.15, 0.2) is 6.61 Å². The van der Waals surface area contributed by atoms with Crippen LogP contribution in [0, 0.1) is 0 Å². The zero-order valence-corrected chi connectivity index (χ0v) is 19.1. The van der Waals surface area contributed by atoms with Crippen molar-refractivity contribution in [1.29, 1.82) is 0 Å². The predicted octanol–water partition coefficient (Wildman–Crippen LogP) is 2.42. The molecule has 0 spiro atoms. The van der Waals surface area contributed by atoms with Gasteiger partial charge in [0.2, 0.25) is 15.8 Å². The van der Waals surface area contributed by atoms with E-state index in [1.807, 2.05) is 0 Å². The number of nitrogens with zero attached hydrogens (tertiary/aromatic N) is 1. The molecule has 0 unspecified atom stereocenters. The predicted molar refractivity (Wildman–Crippen MR) is 115 cm³/mol. The van der Waals surface area contributed by atoms with E-state index in [0.717, 1.165) is 6.07 Å². The summed E-state index contributed by atoms with van der Waals surface area (Å²) >= 11 is 6.10. The monoisotopic (exact) mass is 483 g/mol. The summed E-state index contributed by atoms with van der Waals surface area (Å²) in [6, 6.07) is 8.41. The Morgan fingerprint density at radius 1 is 1.06 bits per heavy atom. The number of halogens is 1. The van der Waals surface area contributed by atoms with Crippen LogP contribution in [0.1, 0.15) is 20.7 Å². The van der Waals surface area contributed by atoms with Crippen molar-refractivity contribution in [2.75, 3.05) is 47.1 Å². The van der Waals surface area contributed by atoms with Gasteiger partial charge < -0.3 is 18.9 Å². The SMILES string of the molecule is COc1ccc(C(=O)COC(=O)c2ccc(Cl)c(S(=O)(=O)N3CCOCC3)c2)c(OC)c1. The number of hydrogen-bond donors (Lipinski definition) is 0. The van der Waals surface area contributed by atoms with Gasteiger partial charge >= 0.3 is 5.97 Å². The molecule has 0 saturated carbocycles. The van der Waals surface area contributed by atoms with Gasteiger partial charge in [-0.15, -0.1) is 0 Å². The van der Waals surface area contributed by atoms with Crippen molar-refractivity contribution >= 4 is 33.4 Å². The number of benzene rings is 2. The normalized spacial score (nSPS) is 14.6. The number of morpholine rings is 1. The third-order valence-electron chi connectivity index (χ3n) is 4.80. The van der Waals surface area contributed by atoms with Gasteiger partial charge in [-0.05, 0) is 30.3 Å². The molecule has 0 atom stereocenters. The van der Waals surface area contributed by atoms with E-state index in [1.54, 1.807) is 6.07 Å². The standard InChI is InChI=1S/C21H22ClNO8S/c1-28-15-4-5-16(19(12-15)29-2)18(24)13-31-21(25)14-3-6-17(22)20(11-14)32(26,27)23-7-9-30-10-8-23/h3-6,11-12H,7-10,13H2,1-2H3. The molecule has 1 fully saturated rings. The van der Waals surface area contributed by atoms with E-state index in [-0.39, 0.29) is 53.1 Å². The van der Waals surface area contributed by atoms with Crippen molar-refractivity contribution in [3.63, 3.8) is 0 Å². The van der Waals surface area contributed by atoms with Crippen LogP contribution in [0.4, 0.5) is 0 Å². The van der Waals surface area contributed by atoms with Crippen LogP contribution in [-0.4, -0.2) is 71.6 Å². The summed E-state index contributed by atoms with van der Waals surface area (Å²) in [5.41, 5.74) is 0.170. The molecule has 1 heterocycles. The Balaban J connectivity index is 1.75. The van der Waals surface area contributed by atoms with Gasteiger partial charge in [0, 0.05) is 19.2 Å². The number of rotatable bonds is 8. The van der Waals surface area contributed by atoms with Crippen molar-refractivity contribution in [3.05, 3.63) is 52.5 Å². The van der Waals surface area contributed by atoms with E-state index >= 15 is 0 Å². The number of hydrogen-bond acceptors (Lipinski definition) is 8. The number of esters is 1. The summed E-state index contributed by atoms with van der Waals surface area (Å²) in [5, 5.41) is -0.0212. The van der Waals surface area contributed by atoms with Crippen LogP contribution in [0.2, 0.25) is 5.02 Å². The zero-order valence-electron chi connectivity index (χ0n) is 17.5. The first-order valence-electron chi connectivity index (χ1n) is 9.57. The lowest BCUT2D eigenvalue weighted by Crippen LogP contribution is -2.40. The van der Waals surface area contributed by atoms with E-state index in [4.69, 9.17) is 30.5 Å². The fourth-order valence-corrected chi connectivity index (χ4v) is 4.98. The lowest BCUT2D eigenvalue weighted by Gasteiger charge is -2.26. The van der Waals surface area contributed by atoms with Crippen LogP contribution in [0.3, 0.4) is 0 Å². The van der Waals surface area contributed by atoms with Crippen LogP contribution in [0.15, 0.2) is 41.3 Å². The molecular formula is C21H22ClNO8S. The van der Waals surface area contributed by atoms with Crippen LogP contribution >= 0.6 is 11.6 Å². The highest BCUT2D eigenvalue weighted by Gasteiger charge is 2.29. The van der Waals surface area contributed by atoms with Gasteiger partial charge in [-0.1, -0.05) is 11.6 Å². The molecule has 9 nitrogen and oxygen atoms in total. The molecule has 11 heteroatoms. The molecule has 1 saturated heterocycles. The highest BCUT2D eigenvalue weighted by molar-refractivity contribution is 7.89. The van der Waals surface area contributed by atoms with E-state index in [0.29, 0.717) is 5.75 Å². The minimum absolute atomic E-state index is 0.0212. The van der Waals surface area contributed by atoms with Gasteiger partial charge in [-0.2, -0.15) is 4.31 Å². The number of carbonyl (C=O) groups is 2. The van der Waals surface area contributed by atoms with E-state index in [2.05, 4.69) is 0 Å². The Kier molecular flexibility index (Phi) is 7.73. The van der Waals surface area contributed by atoms with Crippen LogP contribution in [-0.2, 0) is 19.5 Å². The maximum Gasteiger partial charge on any atom is 0.338 e.